The zero-order valence-corrected chi connectivity index (χ0v) is 10.1. The van der Waals surface area contributed by atoms with Crippen LogP contribution in [0.3, 0.4) is 0 Å². The summed E-state index contributed by atoms with van der Waals surface area (Å²) in [6.07, 6.45) is -5.98. The lowest BCUT2D eigenvalue weighted by atomic mass is 9.78. The van der Waals surface area contributed by atoms with Crippen molar-refractivity contribution < 1.29 is 27.1 Å². The molecule has 0 aromatic carbocycles. The fraction of sp³-hybridized carbons (Fsp3) is 0.727. The molecular formula is C11H10F4N2O2. The van der Waals surface area contributed by atoms with E-state index in [2.05, 4.69) is 4.74 Å². The van der Waals surface area contributed by atoms with E-state index in [0.29, 0.717) is 6.92 Å². The average molecular weight is 278 g/mol. The van der Waals surface area contributed by atoms with Gasteiger partial charge in [-0.15, -0.1) is 0 Å². The van der Waals surface area contributed by atoms with Crippen molar-refractivity contribution in [3.05, 3.63) is 0 Å². The highest BCUT2D eigenvalue weighted by atomic mass is 19.4. The van der Waals surface area contributed by atoms with E-state index in [0.717, 1.165) is 7.11 Å². The Bertz CT molecular complexity index is 475. The molecular weight excluding hydrogens is 268 g/mol. The van der Waals surface area contributed by atoms with Gasteiger partial charge in [0.15, 0.2) is 5.92 Å². The van der Waals surface area contributed by atoms with Crippen LogP contribution in [0.5, 0.6) is 0 Å². The van der Waals surface area contributed by atoms with Crippen LogP contribution in [-0.4, -0.2) is 24.9 Å². The topological polar surface area (TPSA) is 73.9 Å². The van der Waals surface area contributed by atoms with Crippen molar-refractivity contribution in [3.63, 3.8) is 0 Å². The van der Waals surface area contributed by atoms with E-state index in [4.69, 9.17) is 10.5 Å². The van der Waals surface area contributed by atoms with Crippen LogP contribution >= 0.6 is 0 Å². The van der Waals surface area contributed by atoms with E-state index < -0.39 is 41.5 Å². The van der Waals surface area contributed by atoms with Gasteiger partial charge in [0.05, 0.1) is 25.2 Å². The fourth-order valence-corrected chi connectivity index (χ4v) is 2.35. The van der Waals surface area contributed by atoms with Gasteiger partial charge in [-0.25, -0.2) is 4.39 Å². The highest BCUT2D eigenvalue weighted by Crippen LogP contribution is 2.72. The molecule has 0 heterocycles. The van der Waals surface area contributed by atoms with Gasteiger partial charge >= 0.3 is 12.1 Å². The number of hydrogen-bond donors (Lipinski definition) is 0. The van der Waals surface area contributed by atoms with Crippen molar-refractivity contribution in [1.82, 2.24) is 0 Å². The Labute approximate surface area is 106 Å². The van der Waals surface area contributed by atoms with Gasteiger partial charge in [-0.05, 0) is 6.92 Å². The van der Waals surface area contributed by atoms with Crippen LogP contribution < -0.4 is 0 Å². The molecule has 1 rings (SSSR count). The van der Waals surface area contributed by atoms with Crippen LogP contribution in [0.25, 0.3) is 0 Å². The summed E-state index contributed by atoms with van der Waals surface area (Å²) in [6, 6.07) is 2.55. The summed E-state index contributed by atoms with van der Waals surface area (Å²) in [5, 5.41) is 17.6. The maximum atomic E-state index is 13.8. The molecule has 0 spiro atoms. The standard InChI is InChI=1S/C11H10F4N2O2/c1-9(12)5-10(9,11(13,14)15)7(4-17)6(3-16)8(18)19-2/h6-7H,5H2,1-2H3. The molecule has 0 radical (unpaired) electrons. The quantitative estimate of drug-likeness (QED) is 0.585. The van der Waals surface area contributed by atoms with Gasteiger partial charge in [-0.1, -0.05) is 0 Å². The smallest absolute Gasteiger partial charge is 0.399 e. The van der Waals surface area contributed by atoms with Gasteiger partial charge in [-0.3, -0.25) is 4.79 Å². The second kappa shape index (κ2) is 4.37. The van der Waals surface area contributed by atoms with E-state index in [-0.39, 0.29) is 0 Å². The van der Waals surface area contributed by atoms with Crippen LogP contribution in [-0.2, 0) is 9.53 Å². The third-order valence-electron chi connectivity index (χ3n) is 3.52. The number of esters is 1. The molecule has 1 fully saturated rings. The van der Waals surface area contributed by atoms with Crippen molar-refractivity contribution in [1.29, 1.82) is 10.5 Å². The van der Waals surface area contributed by atoms with Crippen LogP contribution in [0.2, 0.25) is 0 Å². The van der Waals surface area contributed by atoms with Crippen molar-refractivity contribution >= 4 is 5.97 Å². The van der Waals surface area contributed by atoms with Crippen molar-refractivity contribution in [2.75, 3.05) is 7.11 Å². The summed E-state index contributed by atoms with van der Waals surface area (Å²) in [5.74, 6) is -5.39. The van der Waals surface area contributed by atoms with Gasteiger partial charge in [0.25, 0.3) is 0 Å². The van der Waals surface area contributed by atoms with Crippen LogP contribution in [0, 0.1) is 39.9 Å². The third-order valence-corrected chi connectivity index (χ3v) is 3.52. The van der Waals surface area contributed by atoms with E-state index in [1.165, 1.54) is 12.1 Å². The van der Waals surface area contributed by atoms with Gasteiger partial charge in [0.2, 0.25) is 0 Å². The number of alkyl halides is 4. The number of methoxy groups -OCH3 is 1. The Kier molecular flexibility index (Phi) is 3.51. The fourth-order valence-electron chi connectivity index (χ4n) is 2.35. The molecule has 1 aliphatic rings. The minimum absolute atomic E-state index is 0.705. The minimum atomic E-state index is -5.03. The molecule has 0 aromatic heterocycles. The largest absolute Gasteiger partial charge is 0.468 e. The molecule has 0 N–H and O–H groups in total. The van der Waals surface area contributed by atoms with E-state index in [9.17, 15) is 22.4 Å². The maximum absolute atomic E-state index is 13.8. The van der Waals surface area contributed by atoms with Crippen LogP contribution in [0.4, 0.5) is 17.6 Å². The Morgan fingerprint density at radius 1 is 1.37 bits per heavy atom. The Morgan fingerprint density at radius 2 is 1.84 bits per heavy atom. The first-order valence-corrected chi connectivity index (χ1v) is 5.21. The predicted molar refractivity (Wildman–Crippen MR) is 52.8 cm³/mol. The molecule has 4 nitrogen and oxygen atoms in total. The lowest BCUT2D eigenvalue weighted by Crippen LogP contribution is -2.42. The van der Waals surface area contributed by atoms with Crippen LogP contribution in [0.1, 0.15) is 13.3 Å². The number of carbonyl (C=O) groups excluding carboxylic acids is 1. The van der Waals surface area contributed by atoms with Gasteiger partial charge in [-0.2, -0.15) is 23.7 Å². The van der Waals surface area contributed by atoms with Gasteiger partial charge in [0.1, 0.15) is 11.1 Å². The van der Waals surface area contributed by atoms with E-state index in [1.54, 1.807) is 0 Å². The number of nitrogens with zero attached hydrogens (tertiary/aromatic N) is 2. The average Bonchev–Trinajstić information content (AvgIpc) is 2.89. The lowest BCUT2D eigenvalue weighted by molar-refractivity contribution is -0.214. The number of ether oxygens (including phenoxy) is 1. The van der Waals surface area contributed by atoms with Crippen molar-refractivity contribution in [2.24, 2.45) is 17.3 Å². The first kappa shape index (κ1) is 15.2. The molecule has 4 unspecified atom stereocenters. The van der Waals surface area contributed by atoms with Gasteiger partial charge in [0, 0.05) is 6.42 Å². The molecule has 1 saturated carbocycles. The zero-order valence-electron chi connectivity index (χ0n) is 10.1. The summed E-state index contributed by atoms with van der Waals surface area (Å²) >= 11 is 0. The predicted octanol–water partition coefficient (Wildman–Crippen LogP) is 2.12. The van der Waals surface area contributed by atoms with Crippen molar-refractivity contribution in [3.8, 4) is 12.1 Å². The van der Waals surface area contributed by atoms with Crippen LogP contribution in [0.15, 0.2) is 0 Å². The third kappa shape index (κ3) is 2.01. The number of nitriles is 2. The molecule has 0 bridgehead atoms. The monoisotopic (exact) mass is 278 g/mol. The SMILES string of the molecule is COC(=O)C(C#N)C(C#N)C1(C(F)(F)F)CC1(C)F. The molecule has 4 atom stereocenters. The first-order chi connectivity index (χ1) is 8.59. The van der Waals surface area contributed by atoms with Crippen molar-refractivity contribution in [2.45, 2.75) is 25.2 Å². The number of carbonyl (C=O) groups is 1. The highest BCUT2D eigenvalue weighted by Gasteiger charge is 2.83. The normalized spacial score (nSPS) is 32.6. The summed E-state index contributed by atoms with van der Waals surface area (Å²) in [4.78, 5) is 11.3. The Balaban J connectivity index is 3.28. The molecule has 0 amide bonds. The number of halogens is 4. The molecule has 104 valence electrons. The molecule has 0 saturated heterocycles. The summed E-state index contributed by atoms with van der Waals surface area (Å²) in [6.45, 7) is 0.705. The number of rotatable bonds is 3. The Morgan fingerprint density at radius 3 is 2.05 bits per heavy atom. The minimum Gasteiger partial charge on any atom is -0.468 e. The summed E-state index contributed by atoms with van der Waals surface area (Å²) in [7, 11) is 0.878. The maximum Gasteiger partial charge on any atom is 0.399 e. The highest BCUT2D eigenvalue weighted by molar-refractivity contribution is 5.76. The summed E-state index contributed by atoms with van der Waals surface area (Å²) in [5.41, 5.74) is -5.67. The summed E-state index contributed by atoms with van der Waals surface area (Å²) < 4.78 is 57.1. The molecule has 8 heteroatoms. The zero-order chi connectivity index (χ0) is 15.1. The molecule has 19 heavy (non-hydrogen) atoms. The first-order valence-electron chi connectivity index (χ1n) is 5.21. The van der Waals surface area contributed by atoms with Gasteiger partial charge < -0.3 is 4.74 Å². The second-order valence-electron chi connectivity index (χ2n) is 4.58. The molecule has 1 aliphatic carbocycles. The Hall–Kier alpha value is -1.83. The lowest BCUT2D eigenvalue weighted by Gasteiger charge is -2.27. The van der Waals surface area contributed by atoms with E-state index >= 15 is 0 Å². The molecule has 0 aromatic rings. The number of hydrogen-bond acceptors (Lipinski definition) is 4. The molecule has 0 aliphatic heterocycles. The second-order valence-corrected chi connectivity index (χ2v) is 4.58. The van der Waals surface area contributed by atoms with E-state index in [1.807, 2.05) is 0 Å².